The maximum absolute atomic E-state index is 14.2. The molecular weight excluding hydrogens is 403 g/mol. The molecule has 29 heavy (non-hydrogen) atoms. The van der Waals surface area contributed by atoms with Crippen LogP contribution in [0.5, 0.6) is 0 Å². The quantitative estimate of drug-likeness (QED) is 0.728. The Labute approximate surface area is 172 Å². The summed E-state index contributed by atoms with van der Waals surface area (Å²) >= 11 is 0. The summed E-state index contributed by atoms with van der Waals surface area (Å²) in [4.78, 5) is 25.4. The second-order valence-electron chi connectivity index (χ2n) is 7.26. The molecule has 4 rings (SSSR count). The van der Waals surface area contributed by atoms with Crippen molar-refractivity contribution in [3.8, 4) is 5.69 Å². The van der Waals surface area contributed by atoms with Gasteiger partial charge in [-0.15, -0.1) is 17.5 Å². The molecule has 1 aliphatic carbocycles. The number of carbonyl (C=O) groups excluding carboxylic acids is 1. The molecule has 0 radical (unpaired) electrons. The molecule has 2 fully saturated rings. The number of likely N-dealkylation sites (tertiary alicyclic amines) is 1. The normalized spacial score (nSPS) is 19.4. The van der Waals surface area contributed by atoms with E-state index in [2.05, 4.69) is 20.8 Å². The van der Waals surface area contributed by atoms with E-state index in [-0.39, 0.29) is 24.6 Å². The number of hydrogen-bond acceptors (Lipinski definition) is 6. The van der Waals surface area contributed by atoms with Crippen molar-refractivity contribution >= 4 is 30.0 Å². The van der Waals surface area contributed by atoms with Crippen LogP contribution >= 0.6 is 12.4 Å². The lowest BCUT2D eigenvalue weighted by atomic mass is 10.0. The predicted octanol–water partition coefficient (Wildman–Crippen LogP) is 1.98. The Bertz CT molecular complexity index is 903. The van der Waals surface area contributed by atoms with Crippen molar-refractivity contribution in [2.24, 2.45) is 0 Å². The molecule has 1 atom stereocenters. The van der Waals surface area contributed by atoms with Crippen LogP contribution < -0.4 is 5.32 Å². The number of hydrogen-bond donors (Lipinski definition) is 2. The first-order valence-corrected chi connectivity index (χ1v) is 9.38. The summed E-state index contributed by atoms with van der Waals surface area (Å²) in [7, 11) is 0. The number of nitrogens with one attached hydrogen (secondary N) is 1. The summed E-state index contributed by atoms with van der Waals surface area (Å²) in [6, 6.07) is 3.61. The number of aliphatic carboxylic acids is 1. The Morgan fingerprint density at radius 1 is 1.24 bits per heavy atom. The highest BCUT2D eigenvalue weighted by atomic mass is 35.5. The van der Waals surface area contributed by atoms with Crippen LogP contribution in [0.1, 0.15) is 43.8 Å². The molecule has 1 unspecified atom stereocenters. The van der Waals surface area contributed by atoms with E-state index >= 15 is 0 Å². The van der Waals surface area contributed by atoms with Gasteiger partial charge in [0.05, 0.1) is 17.9 Å². The van der Waals surface area contributed by atoms with E-state index in [1.54, 1.807) is 15.6 Å². The number of amides is 1. The largest absolute Gasteiger partial charge is 0.480 e. The average Bonchev–Trinajstić information content (AvgIpc) is 3.40. The zero-order valence-corrected chi connectivity index (χ0v) is 16.4. The molecule has 2 N–H and O–H groups in total. The molecule has 2 aliphatic rings. The highest BCUT2D eigenvalue weighted by molar-refractivity contribution is 5.93. The maximum Gasteiger partial charge on any atom is 0.320 e. The van der Waals surface area contributed by atoms with Crippen LogP contribution in [0.4, 0.5) is 10.1 Å². The van der Waals surface area contributed by atoms with E-state index in [1.807, 2.05) is 0 Å². The first kappa shape index (κ1) is 21.1. The van der Waals surface area contributed by atoms with Crippen molar-refractivity contribution < 1.29 is 19.1 Å². The maximum atomic E-state index is 14.2. The number of carboxylic acid groups (broad SMARTS) is 1. The van der Waals surface area contributed by atoms with Crippen LogP contribution in [0, 0.1) is 5.82 Å². The molecule has 0 spiro atoms. The summed E-state index contributed by atoms with van der Waals surface area (Å²) in [5, 5.41) is 23.6. The Balaban J connectivity index is 0.00000240. The molecule has 156 valence electrons. The fourth-order valence-corrected chi connectivity index (χ4v) is 3.55. The molecule has 1 aliphatic heterocycles. The van der Waals surface area contributed by atoms with Gasteiger partial charge in [-0.25, -0.2) is 4.39 Å². The van der Waals surface area contributed by atoms with Crippen molar-refractivity contribution in [1.82, 2.24) is 25.1 Å². The standard InChI is InChI=1S/C18H21FN6O3.ClH/c19-13-7-6-12(25-17(11-4-5-11)21-22-23-25)9-14(13)20-16(26)10-24-8-2-1-3-15(24)18(27)28;/h6-7,9,11,15H,1-5,8,10H2,(H,20,26)(H,27,28);1H. The van der Waals surface area contributed by atoms with Gasteiger partial charge in [0.15, 0.2) is 5.82 Å². The summed E-state index contributed by atoms with van der Waals surface area (Å²) in [5.41, 5.74) is 0.577. The lowest BCUT2D eigenvalue weighted by Gasteiger charge is -2.32. The zero-order valence-electron chi connectivity index (χ0n) is 15.6. The van der Waals surface area contributed by atoms with E-state index < -0.39 is 23.7 Å². The van der Waals surface area contributed by atoms with E-state index in [0.717, 1.165) is 31.5 Å². The molecule has 1 saturated heterocycles. The van der Waals surface area contributed by atoms with E-state index in [1.165, 1.54) is 12.1 Å². The van der Waals surface area contributed by atoms with Gasteiger partial charge in [0.2, 0.25) is 5.91 Å². The highest BCUT2D eigenvalue weighted by Gasteiger charge is 2.31. The summed E-state index contributed by atoms with van der Waals surface area (Å²) in [6.45, 7) is 0.432. The molecule has 1 aromatic carbocycles. The van der Waals surface area contributed by atoms with Crippen LogP contribution in [0.3, 0.4) is 0 Å². The minimum Gasteiger partial charge on any atom is -0.480 e. The van der Waals surface area contributed by atoms with Gasteiger partial charge in [-0.3, -0.25) is 14.5 Å². The van der Waals surface area contributed by atoms with E-state index in [9.17, 15) is 19.1 Å². The second-order valence-corrected chi connectivity index (χ2v) is 7.26. The van der Waals surface area contributed by atoms with Crippen molar-refractivity contribution in [2.45, 2.75) is 44.1 Å². The zero-order chi connectivity index (χ0) is 19.7. The number of aromatic nitrogens is 4. The van der Waals surface area contributed by atoms with Crippen LogP contribution in [-0.2, 0) is 9.59 Å². The fourth-order valence-electron chi connectivity index (χ4n) is 3.55. The van der Waals surface area contributed by atoms with Gasteiger partial charge in [-0.05, 0) is 60.9 Å². The smallest absolute Gasteiger partial charge is 0.320 e. The Kier molecular flexibility index (Phi) is 6.43. The van der Waals surface area contributed by atoms with Gasteiger partial charge in [0, 0.05) is 5.92 Å². The third kappa shape index (κ3) is 4.70. The van der Waals surface area contributed by atoms with Crippen LogP contribution in [0.2, 0.25) is 0 Å². The first-order chi connectivity index (χ1) is 13.5. The molecule has 1 saturated carbocycles. The lowest BCUT2D eigenvalue weighted by Crippen LogP contribution is -2.47. The number of halogens is 2. The summed E-state index contributed by atoms with van der Waals surface area (Å²) in [6.07, 6.45) is 4.21. The number of rotatable bonds is 6. The number of benzene rings is 1. The molecule has 2 heterocycles. The summed E-state index contributed by atoms with van der Waals surface area (Å²) in [5.74, 6) is -0.937. The highest BCUT2D eigenvalue weighted by Crippen LogP contribution is 2.39. The Hall–Kier alpha value is -2.59. The van der Waals surface area contributed by atoms with Crippen molar-refractivity contribution in [3.63, 3.8) is 0 Å². The van der Waals surface area contributed by atoms with E-state index in [0.29, 0.717) is 24.6 Å². The third-order valence-electron chi connectivity index (χ3n) is 5.15. The topological polar surface area (TPSA) is 113 Å². The molecule has 11 heteroatoms. The SMILES string of the molecule is Cl.O=C(CN1CCCCC1C(=O)O)Nc1cc(-n2nnnc2C2CC2)ccc1F. The van der Waals surface area contributed by atoms with Gasteiger partial charge in [-0.2, -0.15) is 4.68 Å². The molecule has 0 bridgehead atoms. The van der Waals surface area contributed by atoms with Gasteiger partial charge in [-0.1, -0.05) is 6.42 Å². The van der Waals surface area contributed by atoms with Crippen LogP contribution in [-0.4, -0.2) is 61.2 Å². The van der Waals surface area contributed by atoms with Crippen molar-refractivity contribution in [3.05, 3.63) is 29.8 Å². The van der Waals surface area contributed by atoms with Gasteiger partial charge < -0.3 is 10.4 Å². The number of piperidine rings is 1. The molecular formula is C18H22ClFN6O3. The molecule has 1 aromatic heterocycles. The lowest BCUT2D eigenvalue weighted by molar-refractivity contribution is -0.145. The van der Waals surface area contributed by atoms with Gasteiger partial charge in [0.25, 0.3) is 0 Å². The number of carbonyl (C=O) groups is 2. The average molecular weight is 425 g/mol. The Morgan fingerprint density at radius 3 is 2.76 bits per heavy atom. The van der Waals surface area contributed by atoms with Crippen LogP contribution in [0.15, 0.2) is 18.2 Å². The fraction of sp³-hybridized carbons (Fsp3) is 0.500. The van der Waals surface area contributed by atoms with Gasteiger partial charge in [0.1, 0.15) is 11.9 Å². The minimum absolute atomic E-state index is 0. The molecule has 1 amide bonds. The van der Waals surface area contributed by atoms with Crippen LogP contribution in [0.25, 0.3) is 5.69 Å². The number of tetrazole rings is 1. The third-order valence-corrected chi connectivity index (χ3v) is 5.15. The van der Waals surface area contributed by atoms with Gasteiger partial charge >= 0.3 is 5.97 Å². The van der Waals surface area contributed by atoms with Crippen molar-refractivity contribution in [1.29, 1.82) is 0 Å². The first-order valence-electron chi connectivity index (χ1n) is 9.38. The predicted molar refractivity (Wildman–Crippen MR) is 104 cm³/mol. The van der Waals surface area contributed by atoms with Crippen molar-refractivity contribution in [2.75, 3.05) is 18.4 Å². The second kappa shape index (κ2) is 8.83. The molecule has 9 nitrogen and oxygen atoms in total. The monoisotopic (exact) mass is 424 g/mol. The molecule has 2 aromatic rings. The number of nitrogens with zero attached hydrogens (tertiary/aromatic N) is 5. The van der Waals surface area contributed by atoms with E-state index in [4.69, 9.17) is 0 Å². The summed E-state index contributed by atoms with van der Waals surface area (Å²) < 4.78 is 15.8. The number of anilines is 1. The Morgan fingerprint density at radius 2 is 2.03 bits per heavy atom. The minimum atomic E-state index is -0.938. The number of carboxylic acids is 1.